The Bertz CT molecular complexity index is 1130. The lowest BCUT2D eigenvalue weighted by Crippen LogP contribution is -2.33. The fourth-order valence-electron chi connectivity index (χ4n) is 5.49. The maximum Gasteiger partial charge on any atom is 0.239 e. The Kier molecular flexibility index (Phi) is 6.98. The Morgan fingerprint density at radius 2 is 1.94 bits per heavy atom. The number of fused-ring (bicyclic) bond motifs is 1. The maximum absolute atomic E-state index is 13.3. The predicted octanol–water partition coefficient (Wildman–Crippen LogP) is 4.09. The van der Waals surface area contributed by atoms with Crippen LogP contribution in [0.4, 0.5) is 5.82 Å². The highest BCUT2D eigenvalue weighted by molar-refractivity contribution is 5.93. The molecular formula is C27H34N4O4. The number of benzene rings is 1. The summed E-state index contributed by atoms with van der Waals surface area (Å²) in [6.07, 6.45) is 5.06. The molecule has 8 nitrogen and oxygen atoms in total. The molecule has 1 aromatic heterocycles. The average Bonchev–Trinajstić information content (AvgIpc) is 3.53. The van der Waals surface area contributed by atoms with Crippen molar-refractivity contribution in [1.82, 2.24) is 9.47 Å². The van der Waals surface area contributed by atoms with Gasteiger partial charge in [-0.2, -0.15) is 5.26 Å². The van der Waals surface area contributed by atoms with E-state index in [2.05, 4.69) is 28.4 Å². The van der Waals surface area contributed by atoms with Crippen molar-refractivity contribution in [2.24, 2.45) is 0 Å². The highest BCUT2D eigenvalue weighted by Gasteiger charge is 2.30. The molecule has 3 aliphatic heterocycles. The predicted molar refractivity (Wildman–Crippen MR) is 132 cm³/mol. The number of nitrogens with zero attached hydrogens (tertiary/aromatic N) is 3. The number of rotatable bonds is 6. The third-order valence-electron chi connectivity index (χ3n) is 7.48. The summed E-state index contributed by atoms with van der Waals surface area (Å²) in [6.45, 7) is 7.80. The average molecular weight is 479 g/mol. The van der Waals surface area contributed by atoms with Crippen molar-refractivity contribution in [2.45, 2.75) is 64.6 Å². The molecule has 186 valence electrons. The number of anilines is 1. The minimum atomic E-state index is -0.103. The topological polar surface area (TPSA) is 88.8 Å². The molecule has 2 aromatic rings. The summed E-state index contributed by atoms with van der Waals surface area (Å²) in [5.41, 5.74) is 3.59. The van der Waals surface area contributed by atoms with Crippen LogP contribution in [0.5, 0.6) is 11.5 Å². The Hall–Kier alpha value is -3.02. The molecule has 2 fully saturated rings. The molecule has 0 aliphatic carbocycles. The fraction of sp³-hybridized carbons (Fsp3) is 0.556. The van der Waals surface area contributed by atoms with Crippen LogP contribution in [0, 0.1) is 25.2 Å². The third-order valence-corrected chi connectivity index (χ3v) is 7.48. The molecule has 0 saturated carbocycles. The zero-order chi connectivity index (χ0) is 24.4. The van der Waals surface area contributed by atoms with E-state index >= 15 is 0 Å². The van der Waals surface area contributed by atoms with E-state index in [1.54, 1.807) is 0 Å². The van der Waals surface area contributed by atoms with Crippen LogP contribution in [0.1, 0.15) is 60.5 Å². The van der Waals surface area contributed by atoms with E-state index in [4.69, 9.17) is 14.2 Å². The summed E-state index contributed by atoms with van der Waals surface area (Å²) in [5.74, 6) is 2.06. The number of nitriles is 1. The molecule has 2 saturated heterocycles. The van der Waals surface area contributed by atoms with Crippen LogP contribution in [0.15, 0.2) is 18.2 Å². The lowest BCUT2D eigenvalue weighted by Gasteiger charge is -2.25. The molecule has 8 heteroatoms. The van der Waals surface area contributed by atoms with E-state index in [1.165, 1.54) is 0 Å². The SMILES string of the molecule is Cc1c(C#N)c(NC(=O)CN2CCC[C@@H]2c2ccc3c(c2)OCCCO3)n(C[C@@H]2CCCO2)c1C. The van der Waals surface area contributed by atoms with Crippen molar-refractivity contribution < 1.29 is 19.0 Å². The van der Waals surface area contributed by atoms with Gasteiger partial charge in [-0.15, -0.1) is 0 Å². The molecule has 1 N–H and O–H groups in total. The van der Waals surface area contributed by atoms with Crippen LogP contribution in [0.3, 0.4) is 0 Å². The normalized spacial score (nSPS) is 22.1. The maximum atomic E-state index is 13.3. The zero-order valence-electron chi connectivity index (χ0n) is 20.6. The van der Waals surface area contributed by atoms with E-state index in [0.717, 1.165) is 73.6 Å². The van der Waals surface area contributed by atoms with E-state index in [1.807, 2.05) is 24.5 Å². The van der Waals surface area contributed by atoms with E-state index in [0.29, 0.717) is 31.1 Å². The van der Waals surface area contributed by atoms with Crippen molar-refractivity contribution in [3.8, 4) is 17.6 Å². The molecular weight excluding hydrogens is 444 g/mol. The van der Waals surface area contributed by atoms with Gasteiger partial charge < -0.3 is 24.1 Å². The molecule has 0 radical (unpaired) electrons. The molecule has 0 unspecified atom stereocenters. The number of hydrogen-bond donors (Lipinski definition) is 1. The molecule has 35 heavy (non-hydrogen) atoms. The van der Waals surface area contributed by atoms with Crippen molar-refractivity contribution >= 4 is 11.7 Å². The number of aromatic nitrogens is 1. The van der Waals surface area contributed by atoms with Crippen molar-refractivity contribution in [3.05, 3.63) is 40.6 Å². The van der Waals surface area contributed by atoms with Crippen LogP contribution in [-0.2, 0) is 16.1 Å². The lowest BCUT2D eigenvalue weighted by atomic mass is 10.0. The van der Waals surface area contributed by atoms with Gasteiger partial charge in [-0.3, -0.25) is 9.69 Å². The number of carbonyl (C=O) groups is 1. The van der Waals surface area contributed by atoms with Crippen molar-refractivity contribution in [3.63, 3.8) is 0 Å². The first-order valence-corrected chi connectivity index (χ1v) is 12.7. The zero-order valence-corrected chi connectivity index (χ0v) is 20.6. The first-order chi connectivity index (χ1) is 17.0. The fourth-order valence-corrected chi connectivity index (χ4v) is 5.49. The first-order valence-electron chi connectivity index (χ1n) is 12.7. The molecule has 1 amide bonds. The molecule has 0 bridgehead atoms. The van der Waals surface area contributed by atoms with Gasteiger partial charge in [-0.05, 0) is 69.3 Å². The number of hydrogen-bond acceptors (Lipinski definition) is 6. The Labute approximate surface area is 206 Å². The number of amides is 1. The summed E-state index contributed by atoms with van der Waals surface area (Å²) in [4.78, 5) is 15.5. The van der Waals surface area contributed by atoms with Gasteiger partial charge in [0, 0.05) is 24.8 Å². The van der Waals surface area contributed by atoms with Crippen molar-refractivity contribution in [2.75, 3.05) is 38.2 Å². The monoisotopic (exact) mass is 478 g/mol. The summed E-state index contributed by atoms with van der Waals surface area (Å²) < 4.78 is 19.5. The number of ether oxygens (including phenoxy) is 3. The number of nitrogens with one attached hydrogen (secondary N) is 1. The van der Waals surface area contributed by atoms with Gasteiger partial charge in [0.05, 0.1) is 38.0 Å². The lowest BCUT2D eigenvalue weighted by molar-refractivity contribution is -0.117. The van der Waals surface area contributed by atoms with Crippen LogP contribution in [0.25, 0.3) is 0 Å². The summed E-state index contributed by atoms with van der Waals surface area (Å²) in [5, 5.41) is 12.9. The van der Waals surface area contributed by atoms with Crippen LogP contribution >= 0.6 is 0 Å². The minimum absolute atomic E-state index is 0.103. The molecule has 2 atom stereocenters. The van der Waals surface area contributed by atoms with Gasteiger partial charge in [-0.1, -0.05) is 6.07 Å². The molecule has 0 spiro atoms. The first kappa shape index (κ1) is 23.7. The van der Waals surface area contributed by atoms with Crippen LogP contribution in [-0.4, -0.2) is 54.4 Å². The Morgan fingerprint density at radius 3 is 2.71 bits per heavy atom. The highest BCUT2D eigenvalue weighted by Crippen LogP contribution is 2.38. The second-order valence-electron chi connectivity index (χ2n) is 9.72. The van der Waals surface area contributed by atoms with Gasteiger partial charge in [0.1, 0.15) is 11.9 Å². The van der Waals surface area contributed by atoms with Gasteiger partial charge in [0.25, 0.3) is 0 Å². The van der Waals surface area contributed by atoms with E-state index in [9.17, 15) is 10.1 Å². The molecule has 3 aliphatic rings. The number of carbonyl (C=O) groups excluding carboxylic acids is 1. The number of likely N-dealkylation sites (tertiary alicyclic amines) is 1. The minimum Gasteiger partial charge on any atom is -0.490 e. The van der Waals surface area contributed by atoms with Gasteiger partial charge in [0.2, 0.25) is 5.91 Å². The Balaban J connectivity index is 1.32. The van der Waals surface area contributed by atoms with Crippen LogP contribution < -0.4 is 14.8 Å². The van der Waals surface area contributed by atoms with E-state index in [-0.39, 0.29) is 24.6 Å². The summed E-state index contributed by atoms with van der Waals surface area (Å²) in [6, 6.07) is 8.58. The highest BCUT2D eigenvalue weighted by atomic mass is 16.5. The summed E-state index contributed by atoms with van der Waals surface area (Å²) in [7, 11) is 0. The molecule has 5 rings (SSSR count). The summed E-state index contributed by atoms with van der Waals surface area (Å²) >= 11 is 0. The van der Waals surface area contributed by atoms with Gasteiger partial charge in [-0.25, -0.2) is 0 Å². The quantitative estimate of drug-likeness (QED) is 0.673. The molecule has 4 heterocycles. The van der Waals surface area contributed by atoms with Crippen molar-refractivity contribution in [1.29, 1.82) is 5.26 Å². The Morgan fingerprint density at radius 1 is 1.11 bits per heavy atom. The second-order valence-corrected chi connectivity index (χ2v) is 9.72. The second kappa shape index (κ2) is 10.3. The smallest absolute Gasteiger partial charge is 0.239 e. The van der Waals surface area contributed by atoms with Crippen LogP contribution in [0.2, 0.25) is 0 Å². The standard InChI is InChI=1S/C27H34N4O4/c1-18-19(2)31(16-21-6-4-11-33-21)27(22(18)15-28)29-26(32)17-30-10-3-7-23(30)20-8-9-24-25(14-20)35-13-5-12-34-24/h8-9,14,21,23H,3-7,10-13,16-17H2,1-2H3,(H,29,32)/t21-,23+/m0/s1. The third kappa shape index (κ3) is 4.89. The van der Waals surface area contributed by atoms with Gasteiger partial charge >= 0.3 is 0 Å². The largest absolute Gasteiger partial charge is 0.490 e. The molecule has 1 aromatic carbocycles. The van der Waals surface area contributed by atoms with Gasteiger partial charge in [0.15, 0.2) is 11.5 Å². The van der Waals surface area contributed by atoms with E-state index < -0.39 is 0 Å².